The molecule has 5 nitrogen and oxygen atoms in total. The van der Waals surface area contributed by atoms with Crippen molar-refractivity contribution < 1.29 is 23.2 Å². The lowest BCUT2D eigenvalue weighted by Crippen LogP contribution is -2.56. The minimum absolute atomic E-state index is 0.232. The number of halogens is 3. The molecule has 0 aliphatic carbocycles. The van der Waals surface area contributed by atoms with Gasteiger partial charge in [-0.1, -0.05) is 19.0 Å². The summed E-state index contributed by atoms with van der Waals surface area (Å²) >= 11 is 0. The number of amidine groups is 1. The van der Waals surface area contributed by atoms with Crippen molar-refractivity contribution >= 4 is 11.7 Å². The normalized spacial score (nSPS) is 12.3. The number of oxime groups is 1. The molecule has 0 atom stereocenters. The van der Waals surface area contributed by atoms with E-state index < -0.39 is 34.5 Å². The number of nitrogens with zero attached hydrogens (tertiary/aromatic N) is 1. The van der Waals surface area contributed by atoms with Crippen LogP contribution >= 0.6 is 0 Å². The van der Waals surface area contributed by atoms with Gasteiger partial charge in [-0.25, -0.2) is 13.2 Å². The number of nitrogens with two attached hydrogens (primary N) is 1. The van der Waals surface area contributed by atoms with Crippen LogP contribution in [0.3, 0.4) is 0 Å². The molecular weight excluding hydrogens is 287 g/mol. The molecule has 0 radical (unpaired) electrons. The third-order valence-electron chi connectivity index (χ3n) is 3.40. The first kappa shape index (κ1) is 16.8. The van der Waals surface area contributed by atoms with Crippen molar-refractivity contribution in [3.8, 4) is 0 Å². The van der Waals surface area contributed by atoms with Gasteiger partial charge in [-0.05, 0) is 25.0 Å². The minimum Gasteiger partial charge on any atom is -0.409 e. The molecule has 1 aromatic rings. The Hall–Kier alpha value is -2.25. The van der Waals surface area contributed by atoms with Gasteiger partial charge < -0.3 is 16.3 Å². The van der Waals surface area contributed by atoms with E-state index in [4.69, 9.17) is 10.9 Å². The second-order valence-corrected chi connectivity index (χ2v) is 4.48. The van der Waals surface area contributed by atoms with E-state index >= 15 is 0 Å². The average molecular weight is 303 g/mol. The SMILES string of the molecule is CCC(CC)(NC(=O)c1cc(F)c(F)c(F)c1)C(N)=NO. The number of hydrogen-bond acceptors (Lipinski definition) is 3. The van der Waals surface area contributed by atoms with Crippen LogP contribution in [0.2, 0.25) is 0 Å². The monoisotopic (exact) mass is 303 g/mol. The van der Waals surface area contributed by atoms with E-state index in [1.165, 1.54) is 0 Å². The lowest BCUT2D eigenvalue weighted by molar-refractivity contribution is 0.0916. The maximum atomic E-state index is 13.1. The van der Waals surface area contributed by atoms with Gasteiger partial charge >= 0.3 is 0 Å². The highest BCUT2D eigenvalue weighted by Gasteiger charge is 2.34. The number of rotatable bonds is 5. The van der Waals surface area contributed by atoms with Gasteiger partial charge in [0.2, 0.25) is 0 Å². The maximum absolute atomic E-state index is 13.1. The van der Waals surface area contributed by atoms with E-state index in [2.05, 4.69) is 10.5 Å². The zero-order valence-electron chi connectivity index (χ0n) is 11.6. The van der Waals surface area contributed by atoms with Crippen LogP contribution in [0.5, 0.6) is 0 Å². The Morgan fingerprint density at radius 3 is 2.14 bits per heavy atom. The molecule has 0 aliphatic rings. The number of carbonyl (C=O) groups is 1. The van der Waals surface area contributed by atoms with E-state index in [-0.39, 0.29) is 18.7 Å². The van der Waals surface area contributed by atoms with Gasteiger partial charge in [0.1, 0.15) is 5.54 Å². The Labute approximate surface area is 119 Å². The van der Waals surface area contributed by atoms with Crippen LogP contribution in [0, 0.1) is 17.5 Å². The van der Waals surface area contributed by atoms with Crippen LogP contribution in [0.25, 0.3) is 0 Å². The third-order valence-corrected chi connectivity index (χ3v) is 3.40. The Balaban J connectivity index is 3.14. The molecule has 1 amide bonds. The summed E-state index contributed by atoms with van der Waals surface area (Å²) in [6.45, 7) is 3.38. The molecule has 0 aromatic heterocycles. The molecule has 21 heavy (non-hydrogen) atoms. The molecule has 0 bridgehead atoms. The first-order chi connectivity index (χ1) is 9.81. The van der Waals surface area contributed by atoms with Crippen molar-refractivity contribution in [2.24, 2.45) is 10.9 Å². The summed E-state index contributed by atoms with van der Waals surface area (Å²) in [7, 11) is 0. The minimum atomic E-state index is -1.65. The number of nitrogens with one attached hydrogen (secondary N) is 1. The summed E-state index contributed by atoms with van der Waals surface area (Å²) in [6, 6.07) is 1.16. The summed E-state index contributed by atoms with van der Waals surface area (Å²) in [5.74, 6) is -5.68. The Morgan fingerprint density at radius 1 is 1.29 bits per heavy atom. The van der Waals surface area contributed by atoms with Gasteiger partial charge in [0.05, 0.1) is 0 Å². The van der Waals surface area contributed by atoms with E-state index in [0.29, 0.717) is 12.1 Å². The maximum Gasteiger partial charge on any atom is 0.252 e. The summed E-state index contributed by atoms with van der Waals surface area (Å²) in [4.78, 5) is 12.1. The number of amides is 1. The lowest BCUT2D eigenvalue weighted by Gasteiger charge is -2.31. The van der Waals surface area contributed by atoms with Crippen LogP contribution in [-0.2, 0) is 0 Å². The number of benzene rings is 1. The highest BCUT2D eigenvalue weighted by Crippen LogP contribution is 2.18. The van der Waals surface area contributed by atoms with Crippen LogP contribution in [0.4, 0.5) is 13.2 Å². The molecule has 0 heterocycles. The van der Waals surface area contributed by atoms with Crippen molar-refractivity contribution in [2.75, 3.05) is 0 Å². The predicted octanol–water partition coefficient (Wildman–Crippen LogP) is 2.14. The van der Waals surface area contributed by atoms with Crippen molar-refractivity contribution in [1.29, 1.82) is 0 Å². The Bertz CT molecular complexity index is 549. The van der Waals surface area contributed by atoms with Gasteiger partial charge in [0, 0.05) is 5.56 Å². The Morgan fingerprint density at radius 2 is 1.76 bits per heavy atom. The fraction of sp³-hybridized carbons (Fsp3) is 0.385. The zero-order valence-corrected chi connectivity index (χ0v) is 11.6. The lowest BCUT2D eigenvalue weighted by atomic mass is 9.91. The predicted molar refractivity (Wildman–Crippen MR) is 70.5 cm³/mol. The molecule has 0 fully saturated rings. The molecule has 0 saturated heterocycles. The van der Waals surface area contributed by atoms with Crippen molar-refractivity contribution in [1.82, 2.24) is 5.32 Å². The number of carbonyl (C=O) groups excluding carboxylic acids is 1. The molecule has 4 N–H and O–H groups in total. The van der Waals surface area contributed by atoms with Gasteiger partial charge in [-0.15, -0.1) is 0 Å². The molecule has 0 unspecified atom stereocenters. The Kier molecular flexibility index (Phi) is 5.17. The summed E-state index contributed by atoms with van der Waals surface area (Å²) in [5.41, 5.74) is 4.00. The molecular formula is C13H16F3N3O2. The topological polar surface area (TPSA) is 87.7 Å². The highest BCUT2D eigenvalue weighted by molar-refractivity contribution is 6.00. The van der Waals surface area contributed by atoms with Gasteiger partial charge in [0.25, 0.3) is 5.91 Å². The van der Waals surface area contributed by atoms with Crippen molar-refractivity contribution in [2.45, 2.75) is 32.2 Å². The van der Waals surface area contributed by atoms with E-state index in [1.54, 1.807) is 13.8 Å². The smallest absolute Gasteiger partial charge is 0.252 e. The average Bonchev–Trinajstić information content (AvgIpc) is 2.48. The van der Waals surface area contributed by atoms with Gasteiger partial charge in [0.15, 0.2) is 23.3 Å². The van der Waals surface area contributed by atoms with Gasteiger partial charge in [-0.2, -0.15) is 0 Å². The molecule has 0 saturated carbocycles. The summed E-state index contributed by atoms with van der Waals surface area (Å²) in [6.07, 6.45) is 0.578. The molecule has 8 heteroatoms. The van der Waals surface area contributed by atoms with Crippen LogP contribution in [-0.4, -0.2) is 22.5 Å². The highest BCUT2D eigenvalue weighted by atomic mass is 19.2. The van der Waals surface area contributed by atoms with Crippen molar-refractivity contribution in [3.05, 3.63) is 35.1 Å². The molecule has 0 aliphatic heterocycles. The standard InChI is InChI=1S/C13H16F3N3O2/c1-3-13(4-2,12(17)19-21)18-11(20)7-5-8(14)10(16)9(15)6-7/h5-6,21H,3-4H2,1-2H3,(H2,17,19)(H,18,20). The van der Waals surface area contributed by atoms with Crippen LogP contribution < -0.4 is 11.1 Å². The summed E-state index contributed by atoms with van der Waals surface area (Å²) in [5, 5.41) is 14.1. The van der Waals surface area contributed by atoms with E-state index in [1.807, 2.05) is 0 Å². The molecule has 1 aromatic carbocycles. The molecule has 1 rings (SSSR count). The molecule has 0 spiro atoms. The van der Waals surface area contributed by atoms with E-state index in [0.717, 1.165) is 0 Å². The van der Waals surface area contributed by atoms with Crippen LogP contribution in [0.15, 0.2) is 17.3 Å². The van der Waals surface area contributed by atoms with Crippen molar-refractivity contribution in [3.63, 3.8) is 0 Å². The largest absolute Gasteiger partial charge is 0.409 e. The number of hydrogen-bond donors (Lipinski definition) is 3. The fourth-order valence-corrected chi connectivity index (χ4v) is 1.92. The molecule has 116 valence electrons. The van der Waals surface area contributed by atoms with E-state index in [9.17, 15) is 18.0 Å². The quantitative estimate of drug-likeness (QED) is 0.256. The van der Waals surface area contributed by atoms with Gasteiger partial charge in [-0.3, -0.25) is 4.79 Å². The first-order valence-electron chi connectivity index (χ1n) is 6.26. The third kappa shape index (κ3) is 3.26. The second kappa shape index (κ2) is 6.47. The fourth-order valence-electron chi connectivity index (χ4n) is 1.92. The zero-order chi connectivity index (χ0) is 16.2. The second-order valence-electron chi connectivity index (χ2n) is 4.48. The van der Waals surface area contributed by atoms with Crippen LogP contribution in [0.1, 0.15) is 37.0 Å². The summed E-state index contributed by atoms with van der Waals surface area (Å²) < 4.78 is 39.2. The first-order valence-corrected chi connectivity index (χ1v) is 6.26.